The van der Waals surface area contributed by atoms with E-state index in [1.165, 1.54) is 25.8 Å². The van der Waals surface area contributed by atoms with Gasteiger partial charge in [-0.2, -0.15) is 0 Å². The van der Waals surface area contributed by atoms with Crippen LogP contribution in [0.5, 0.6) is 0 Å². The van der Waals surface area contributed by atoms with E-state index in [1.54, 1.807) is 0 Å². The monoisotopic (exact) mass is 228 g/mol. The zero-order chi connectivity index (χ0) is 11.8. The standard InChI is InChI=1S/C13H28N2O/c1-12(2)6-7-14-8-10-15-9-4-5-13(11-15)16-3/h12-14H,4-11H2,1-3H3. The first-order chi connectivity index (χ1) is 7.72. The second-order valence-corrected chi connectivity index (χ2v) is 5.23. The molecule has 1 heterocycles. The van der Waals surface area contributed by atoms with E-state index in [9.17, 15) is 0 Å². The van der Waals surface area contributed by atoms with Gasteiger partial charge in [0.2, 0.25) is 0 Å². The third-order valence-corrected chi connectivity index (χ3v) is 3.30. The van der Waals surface area contributed by atoms with Gasteiger partial charge in [-0.15, -0.1) is 0 Å². The van der Waals surface area contributed by atoms with Crippen molar-refractivity contribution in [1.82, 2.24) is 10.2 Å². The number of likely N-dealkylation sites (tertiary alicyclic amines) is 1. The Morgan fingerprint density at radius 3 is 2.88 bits per heavy atom. The highest BCUT2D eigenvalue weighted by Crippen LogP contribution is 2.11. The number of hydrogen-bond acceptors (Lipinski definition) is 3. The van der Waals surface area contributed by atoms with Crippen molar-refractivity contribution in [3.05, 3.63) is 0 Å². The predicted molar refractivity (Wildman–Crippen MR) is 68.8 cm³/mol. The first-order valence-electron chi connectivity index (χ1n) is 6.68. The van der Waals surface area contributed by atoms with Gasteiger partial charge < -0.3 is 10.1 Å². The van der Waals surface area contributed by atoms with Gasteiger partial charge in [0.05, 0.1) is 6.10 Å². The minimum absolute atomic E-state index is 0.462. The minimum Gasteiger partial charge on any atom is -0.380 e. The molecule has 0 aromatic rings. The van der Waals surface area contributed by atoms with Gasteiger partial charge in [-0.3, -0.25) is 4.90 Å². The molecule has 0 spiro atoms. The van der Waals surface area contributed by atoms with Crippen molar-refractivity contribution in [3.63, 3.8) is 0 Å². The summed E-state index contributed by atoms with van der Waals surface area (Å²) in [6, 6.07) is 0. The van der Waals surface area contributed by atoms with Crippen molar-refractivity contribution >= 4 is 0 Å². The Bertz CT molecular complexity index is 173. The molecule has 3 heteroatoms. The van der Waals surface area contributed by atoms with Crippen molar-refractivity contribution in [2.24, 2.45) is 5.92 Å². The van der Waals surface area contributed by atoms with Crippen LogP contribution < -0.4 is 5.32 Å². The molecular formula is C13H28N2O. The van der Waals surface area contributed by atoms with E-state index in [4.69, 9.17) is 4.74 Å². The zero-order valence-corrected chi connectivity index (χ0v) is 11.2. The number of nitrogens with zero attached hydrogens (tertiary/aromatic N) is 1. The van der Waals surface area contributed by atoms with Gasteiger partial charge in [0, 0.05) is 26.7 Å². The van der Waals surface area contributed by atoms with Gasteiger partial charge in [0.25, 0.3) is 0 Å². The Morgan fingerprint density at radius 2 is 2.19 bits per heavy atom. The highest BCUT2D eigenvalue weighted by Gasteiger charge is 2.18. The third-order valence-electron chi connectivity index (χ3n) is 3.30. The summed E-state index contributed by atoms with van der Waals surface area (Å²) in [5.41, 5.74) is 0. The van der Waals surface area contributed by atoms with Crippen LogP contribution in [0.25, 0.3) is 0 Å². The number of nitrogens with one attached hydrogen (secondary N) is 1. The van der Waals surface area contributed by atoms with Crippen LogP contribution in [-0.2, 0) is 4.74 Å². The molecule has 16 heavy (non-hydrogen) atoms. The summed E-state index contributed by atoms with van der Waals surface area (Å²) in [6.45, 7) is 10.3. The molecule has 96 valence electrons. The van der Waals surface area contributed by atoms with Crippen LogP contribution in [0, 0.1) is 5.92 Å². The van der Waals surface area contributed by atoms with Crippen LogP contribution in [-0.4, -0.2) is 50.8 Å². The van der Waals surface area contributed by atoms with Crippen LogP contribution in [0.3, 0.4) is 0 Å². The summed E-state index contributed by atoms with van der Waals surface area (Å²) >= 11 is 0. The van der Waals surface area contributed by atoms with Crippen molar-refractivity contribution in [1.29, 1.82) is 0 Å². The van der Waals surface area contributed by atoms with Crippen molar-refractivity contribution in [2.45, 2.75) is 39.2 Å². The van der Waals surface area contributed by atoms with Crippen LogP contribution >= 0.6 is 0 Å². The second-order valence-electron chi connectivity index (χ2n) is 5.23. The highest BCUT2D eigenvalue weighted by molar-refractivity contribution is 4.73. The lowest BCUT2D eigenvalue weighted by Gasteiger charge is -2.31. The maximum Gasteiger partial charge on any atom is 0.0698 e. The Balaban J connectivity index is 1.99. The SMILES string of the molecule is COC1CCCN(CCNCCC(C)C)C1. The second kappa shape index (κ2) is 8.04. The lowest BCUT2D eigenvalue weighted by Crippen LogP contribution is -2.42. The third kappa shape index (κ3) is 5.83. The first-order valence-corrected chi connectivity index (χ1v) is 6.68. The molecule has 0 amide bonds. The average Bonchev–Trinajstić information content (AvgIpc) is 2.28. The van der Waals surface area contributed by atoms with E-state index < -0.39 is 0 Å². The molecule has 0 aromatic carbocycles. The van der Waals surface area contributed by atoms with E-state index in [1.807, 2.05) is 7.11 Å². The summed E-state index contributed by atoms with van der Waals surface area (Å²) in [5, 5.41) is 3.51. The van der Waals surface area contributed by atoms with Gasteiger partial charge in [-0.05, 0) is 38.3 Å². The number of piperidine rings is 1. The fourth-order valence-electron chi connectivity index (χ4n) is 2.16. The molecule has 1 rings (SSSR count). The normalized spacial score (nSPS) is 22.9. The number of methoxy groups -OCH3 is 1. The molecule has 0 aliphatic carbocycles. The molecule has 1 saturated heterocycles. The van der Waals surface area contributed by atoms with Crippen molar-refractivity contribution < 1.29 is 4.74 Å². The van der Waals surface area contributed by atoms with Crippen molar-refractivity contribution in [3.8, 4) is 0 Å². The molecule has 3 nitrogen and oxygen atoms in total. The molecular weight excluding hydrogens is 200 g/mol. The van der Waals surface area contributed by atoms with E-state index in [-0.39, 0.29) is 0 Å². The quantitative estimate of drug-likeness (QED) is 0.672. The fraction of sp³-hybridized carbons (Fsp3) is 1.00. The highest BCUT2D eigenvalue weighted by atomic mass is 16.5. The maximum absolute atomic E-state index is 5.42. The number of ether oxygens (including phenoxy) is 1. The lowest BCUT2D eigenvalue weighted by molar-refractivity contribution is 0.0319. The summed E-state index contributed by atoms with van der Waals surface area (Å²) in [6.07, 6.45) is 4.25. The molecule has 1 atom stereocenters. The first kappa shape index (κ1) is 13.9. The van der Waals surface area contributed by atoms with Gasteiger partial charge in [-0.25, -0.2) is 0 Å². The van der Waals surface area contributed by atoms with Gasteiger partial charge in [-0.1, -0.05) is 13.8 Å². The summed E-state index contributed by atoms with van der Waals surface area (Å²) in [7, 11) is 1.83. The number of rotatable bonds is 7. The molecule has 0 saturated carbocycles. The maximum atomic E-state index is 5.42. The Morgan fingerprint density at radius 1 is 1.38 bits per heavy atom. The zero-order valence-electron chi connectivity index (χ0n) is 11.2. The summed E-state index contributed by atoms with van der Waals surface area (Å²) < 4.78 is 5.42. The molecule has 1 aliphatic heterocycles. The molecule has 1 aliphatic rings. The molecule has 1 N–H and O–H groups in total. The topological polar surface area (TPSA) is 24.5 Å². The Hall–Kier alpha value is -0.120. The Kier molecular flexibility index (Phi) is 7.01. The van der Waals surface area contributed by atoms with Crippen LogP contribution in [0.1, 0.15) is 33.1 Å². The van der Waals surface area contributed by atoms with Gasteiger partial charge in [0.1, 0.15) is 0 Å². The Labute approximate surface area is 101 Å². The van der Waals surface area contributed by atoms with Gasteiger partial charge in [0.15, 0.2) is 0 Å². The fourth-order valence-corrected chi connectivity index (χ4v) is 2.16. The van der Waals surface area contributed by atoms with E-state index in [0.717, 1.165) is 32.1 Å². The van der Waals surface area contributed by atoms with Crippen molar-refractivity contribution in [2.75, 3.05) is 39.8 Å². The summed E-state index contributed by atoms with van der Waals surface area (Å²) in [5.74, 6) is 0.806. The average molecular weight is 228 g/mol. The molecule has 0 bridgehead atoms. The molecule has 0 aromatic heterocycles. The van der Waals surface area contributed by atoms with E-state index in [2.05, 4.69) is 24.1 Å². The molecule has 1 fully saturated rings. The molecule has 0 radical (unpaired) electrons. The lowest BCUT2D eigenvalue weighted by atomic mass is 10.1. The number of hydrogen-bond donors (Lipinski definition) is 1. The van der Waals surface area contributed by atoms with Crippen LogP contribution in [0.15, 0.2) is 0 Å². The largest absolute Gasteiger partial charge is 0.380 e. The predicted octanol–water partition coefficient (Wildman–Crippen LogP) is 1.73. The van der Waals surface area contributed by atoms with Crippen LogP contribution in [0.4, 0.5) is 0 Å². The minimum atomic E-state index is 0.462. The van der Waals surface area contributed by atoms with Crippen LogP contribution in [0.2, 0.25) is 0 Å². The van der Waals surface area contributed by atoms with E-state index >= 15 is 0 Å². The van der Waals surface area contributed by atoms with Gasteiger partial charge >= 0.3 is 0 Å². The van der Waals surface area contributed by atoms with E-state index in [0.29, 0.717) is 6.10 Å². The summed E-state index contributed by atoms with van der Waals surface area (Å²) in [4.78, 5) is 2.51. The molecule has 1 unspecified atom stereocenters. The smallest absolute Gasteiger partial charge is 0.0698 e.